The average Bonchev–Trinajstić information content (AvgIpc) is 2.16. The van der Waals surface area contributed by atoms with Crippen LogP contribution in [0.4, 0.5) is 0 Å². The van der Waals surface area contributed by atoms with Crippen molar-refractivity contribution in [3.63, 3.8) is 0 Å². The van der Waals surface area contributed by atoms with Crippen molar-refractivity contribution in [2.75, 3.05) is 6.54 Å². The van der Waals surface area contributed by atoms with Gasteiger partial charge in [-0.25, -0.2) is 13.1 Å². The smallest absolute Gasteiger partial charge is 0.211 e. The molecular weight excluding hydrogens is 186 g/mol. The molecule has 0 spiro atoms. The highest BCUT2D eigenvalue weighted by Gasteiger charge is 2.10. The van der Waals surface area contributed by atoms with Crippen molar-refractivity contribution in [2.45, 2.75) is 11.3 Å². The van der Waals surface area contributed by atoms with Crippen molar-refractivity contribution in [3.8, 4) is 0 Å². The lowest BCUT2D eigenvalue weighted by atomic mass is 10.4. The Kier molecular flexibility index (Phi) is 3.45. The van der Waals surface area contributed by atoms with Crippen LogP contribution in [0, 0.1) is 6.92 Å². The molecule has 0 saturated heterocycles. The van der Waals surface area contributed by atoms with E-state index in [0.717, 1.165) is 0 Å². The van der Waals surface area contributed by atoms with Crippen molar-refractivity contribution >= 4 is 10.0 Å². The predicted molar refractivity (Wildman–Crippen MR) is 51.6 cm³/mol. The van der Waals surface area contributed by atoms with E-state index in [4.69, 9.17) is 0 Å². The number of nitrogens with one attached hydrogen (secondary N) is 1. The molecule has 3 nitrogen and oxygen atoms in total. The van der Waals surface area contributed by atoms with E-state index in [1.807, 2.05) is 0 Å². The van der Waals surface area contributed by atoms with Gasteiger partial charge in [-0.1, -0.05) is 25.1 Å². The summed E-state index contributed by atoms with van der Waals surface area (Å²) in [6, 6.07) is 8.29. The van der Waals surface area contributed by atoms with Gasteiger partial charge in [0.1, 0.15) is 0 Å². The van der Waals surface area contributed by atoms with Crippen LogP contribution in [-0.2, 0) is 10.0 Å². The van der Waals surface area contributed by atoms with Gasteiger partial charge >= 0.3 is 0 Å². The van der Waals surface area contributed by atoms with Gasteiger partial charge in [-0.3, -0.25) is 0 Å². The van der Waals surface area contributed by atoms with Gasteiger partial charge in [-0.2, -0.15) is 0 Å². The molecule has 0 amide bonds. The monoisotopic (exact) mass is 198 g/mol. The molecule has 1 aromatic rings. The molecule has 1 rings (SSSR count). The van der Waals surface area contributed by atoms with Gasteiger partial charge in [-0.05, 0) is 18.6 Å². The van der Waals surface area contributed by atoms with Gasteiger partial charge in [0.2, 0.25) is 10.0 Å². The average molecular weight is 198 g/mol. The van der Waals surface area contributed by atoms with E-state index in [1.54, 1.807) is 30.3 Å². The maximum Gasteiger partial charge on any atom is 0.240 e. The second kappa shape index (κ2) is 4.39. The van der Waals surface area contributed by atoms with E-state index in [-0.39, 0.29) is 0 Å². The van der Waals surface area contributed by atoms with Crippen LogP contribution in [0.5, 0.6) is 0 Å². The van der Waals surface area contributed by atoms with Crippen LogP contribution in [0.15, 0.2) is 35.2 Å². The summed E-state index contributed by atoms with van der Waals surface area (Å²) in [5.74, 6) is 0. The fourth-order valence-electron chi connectivity index (χ4n) is 0.890. The fraction of sp³-hybridized carbons (Fsp3) is 0.222. The molecule has 1 radical (unpaired) electrons. The topological polar surface area (TPSA) is 46.2 Å². The lowest BCUT2D eigenvalue weighted by Crippen LogP contribution is -2.24. The summed E-state index contributed by atoms with van der Waals surface area (Å²) in [6.45, 7) is 3.93. The molecular formula is C9H12NO2S. The summed E-state index contributed by atoms with van der Waals surface area (Å²) < 4.78 is 25.3. The standard InChI is InChI=1S/C9H12NO2S/c1-2-8-10-13(11,12)9-6-4-3-5-7-9/h3-7,10H,1-2,8H2. The van der Waals surface area contributed by atoms with Gasteiger partial charge < -0.3 is 0 Å². The Bertz CT molecular complexity index is 345. The van der Waals surface area contributed by atoms with Crippen LogP contribution < -0.4 is 4.72 Å². The Morgan fingerprint density at radius 1 is 1.23 bits per heavy atom. The third-order valence-electron chi connectivity index (χ3n) is 1.52. The first-order chi connectivity index (χ1) is 6.17. The molecule has 0 aromatic heterocycles. The summed E-state index contributed by atoms with van der Waals surface area (Å²) in [5, 5.41) is 0. The summed E-state index contributed by atoms with van der Waals surface area (Å²) in [5.41, 5.74) is 0. The third-order valence-corrected chi connectivity index (χ3v) is 3.00. The van der Waals surface area contributed by atoms with E-state index < -0.39 is 10.0 Å². The van der Waals surface area contributed by atoms with Crippen molar-refractivity contribution in [1.82, 2.24) is 4.72 Å². The molecule has 0 fully saturated rings. The van der Waals surface area contributed by atoms with Gasteiger partial charge in [0.05, 0.1) is 4.90 Å². The number of benzene rings is 1. The Labute approximate surface area is 78.8 Å². The molecule has 4 heteroatoms. The molecule has 0 heterocycles. The highest BCUT2D eigenvalue weighted by atomic mass is 32.2. The summed E-state index contributed by atoms with van der Waals surface area (Å²) in [7, 11) is -3.31. The predicted octanol–water partition coefficient (Wildman–Crippen LogP) is 1.19. The van der Waals surface area contributed by atoms with E-state index in [2.05, 4.69) is 11.6 Å². The molecule has 13 heavy (non-hydrogen) atoms. The van der Waals surface area contributed by atoms with Gasteiger partial charge in [0.15, 0.2) is 0 Å². The minimum Gasteiger partial charge on any atom is -0.211 e. The number of hydrogen-bond acceptors (Lipinski definition) is 2. The molecule has 0 unspecified atom stereocenters. The molecule has 0 aliphatic heterocycles. The van der Waals surface area contributed by atoms with Crippen molar-refractivity contribution in [3.05, 3.63) is 37.3 Å². The summed E-state index contributed by atoms with van der Waals surface area (Å²) in [4.78, 5) is 0.295. The van der Waals surface area contributed by atoms with Crippen molar-refractivity contribution in [2.24, 2.45) is 0 Å². The van der Waals surface area contributed by atoms with Crippen LogP contribution in [0.1, 0.15) is 6.42 Å². The zero-order valence-corrected chi connectivity index (χ0v) is 8.05. The fourth-order valence-corrected chi connectivity index (χ4v) is 1.98. The lowest BCUT2D eigenvalue weighted by Gasteiger charge is -2.04. The van der Waals surface area contributed by atoms with Crippen LogP contribution in [0.25, 0.3) is 0 Å². The van der Waals surface area contributed by atoms with Crippen LogP contribution in [0.3, 0.4) is 0 Å². The quantitative estimate of drug-likeness (QED) is 0.790. The molecule has 0 aliphatic rings. The minimum absolute atomic E-state index is 0.295. The molecule has 1 N–H and O–H groups in total. The molecule has 0 saturated carbocycles. The third kappa shape index (κ3) is 2.82. The highest BCUT2D eigenvalue weighted by molar-refractivity contribution is 7.89. The molecule has 1 aromatic carbocycles. The zero-order chi connectivity index (χ0) is 9.73. The Hall–Kier alpha value is -0.870. The Balaban J connectivity index is 2.83. The highest BCUT2D eigenvalue weighted by Crippen LogP contribution is 2.06. The van der Waals surface area contributed by atoms with Crippen LogP contribution in [-0.4, -0.2) is 15.0 Å². The summed E-state index contributed by atoms with van der Waals surface area (Å²) in [6.07, 6.45) is 0.548. The first-order valence-electron chi connectivity index (χ1n) is 4.01. The van der Waals surface area contributed by atoms with Crippen LogP contribution >= 0.6 is 0 Å². The molecule has 0 aliphatic carbocycles. The summed E-state index contributed by atoms with van der Waals surface area (Å²) >= 11 is 0. The maximum atomic E-state index is 11.5. The molecule has 0 bridgehead atoms. The maximum absolute atomic E-state index is 11.5. The number of sulfonamides is 1. The van der Waals surface area contributed by atoms with Gasteiger partial charge in [-0.15, -0.1) is 0 Å². The lowest BCUT2D eigenvalue weighted by molar-refractivity contribution is 0.582. The van der Waals surface area contributed by atoms with Gasteiger partial charge in [0, 0.05) is 6.54 Å². The second-order valence-electron chi connectivity index (χ2n) is 2.56. The number of rotatable bonds is 4. The number of hydrogen-bond donors (Lipinski definition) is 1. The van der Waals surface area contributed by atoms with Crippen LogP contribution in [0.2, 0.25) is 0 Å². The van der Waals surface area contributed by atoms with Gasteiger partial charge in [0.25, 0.3) is 0 Å². The second-order valence-corrected chi connectivity index (χ2v) is 4.33. The first-order valence-corrected chi connectivity index (χ1v) is 5.49. The molecule has 71 valence electrons. The molecule has 0 atom stereocenters. The first kappa shape index (κ1) is 10.2. The zero-order valence-electron chi connectivity index (χ0n) is 7.23. The minimum atomic E-state index is -3.31. The Morgan fingerprint density at radius 3 is 2.38 bits per heavy atom. The van der Waals surface area contributed by atoms with Crippen molar-refractivity contribution in [1.29, 1.82) is 0 Å². The van der Waals surface area contributed by atoms with E-state index in [9.17, 15) is 8.42 Å². The van der Waals surface area contributed by atoms with E-state index >= 15 is 0 Å². The normalized spacial score (nSPS) is 11.5. The SMILES string of the molecule is [CH2]CCNS(=O)(=O)c1ccccc1. The van der Waals surface area contributed by atoms with Crippen molar-refractivity contribution < 1.29 is 8.42 Å². The van der Waals surface area contributed by atoms with E-state index in [0.29, 0.717) is 17.9 Å². The van der Waals surface area contributed by atoms with E-state index in [1.165, 1.54) is 0 Å². The Morgan fingerprint density at radius 2 is 1.85 bits per heavy atom. The largest absolute Gasteiger partial charge is 0.240 e.